The van der Waals surface area contributed by atoms with Gasteiger partial charge in [-0.05, 0) is 57.6 Å². The Balaban J connectivity index is 1.97. The summed E-state index contributed by atoms with van der Waals surface area (Å²) in [4.78, 5) is 2.39. The number of ether oxygens (including phenoxy) is 1. The zero-order valence-electron chi connectivity index (χ0n) is 11.1. The van der Waals surface area contributed by atoms with Crippen LogP contribution in [0.4, 0.5) is 0 Å². The lowest BCUT2D eigenvalue weighted by Crippen LogP contribution is -2.45. The number of likely N-dealkylation sites (tertiary alicyclic amines) is 1. The van der Waals surface area contributed by atoms with Gasteiger partial charge in [-0.3, -0.25) is 4.90 Å². The van der Waals surface area contributed by atoms with Gasteiger partial charge in [-0.25, -0.2) is 0 Å². The van der Waals surface area contributed by atoms with Crippen molar-refractivity contribution in [2.24, 2.45) is 0 Å². The van der Waals surface area contributed by atoms with Crippen molar-refractivity contribution in [3.8, 4) is 11.8 Å². The molecule has 3 nitrogen and oxygen atoms in total. The summed E-state index contributed by atoms with van der Waals surface area (Å²) in [6, 6.07) is 9.95. The van der Waals surface area contributed by atoms with Gasteiger partial charge in [0.15, 0.2) is 0 Å². The van der Waals surface area contributed by atoms with Crippen molar-refractivity contribution >= 4 is 0 Å². The molecule has 0 saturated carbocycles. The summed E-state index contributed by atoms with van der Waals surface area (Å²) < 4.78 is 5.97. The lowest BCUT2D eigenvalue weighted by molar-refractivity contribution is 0.0686. The van der Waals surface area contributed by atoms with E-state index in [4.69, 9.17) is 10.00 Å². The predicted molar refractivity (Wildman–Crippen MR) is 71.5 cm³/mol. The lowest BCUT2D eigenvalue weighted by Gasteiger charge is -2.36. The first-order chi connectivity index (χ1) is 8.70. The Labute approximate surface area is 109 Å². The summed E-state index contributed by atoms with van der Waals surface area (Å²) >= 11 is 0. The molecule has 0 bridgehead atoms. The molecule has 2 atom stereocenters. The van der Waals surface area contributed by atoms with Crippen LogP contribution in [-0.4, -0.2) is 30.6 Å². The molecule has 1 heterocycles. The molecule has 0 N–H and O–H groups in total. The van der Waals surface area contributed by atoms with Gasteiger partial charge in [0.25, 0.3) is 0 Å². The van der Waals surface area contributed by atoms with E-state index in [1.165, 1.54) is 19.3 Å². The van der Waals surface area contributed by atoms with Crippen molar-refractivity contribution < 1.29 is 4.74 Å². The minimum atomic E-state index is 0.184. The van der Waals surface area contributed by atoms with Crippen LogP contribution in [0.25, 0.3) is 0 Å². The first-order valence-electron chi connectivity index (χ1n) is 6.58. The van der Waals surface area contributed by atoms with Crippen molar-refractivity contribution in [1.82, 2.24) is 4.90 Å². The fraction of sp³-hybridized carbons (Fsp3) is 0.533. The third kappa shape index (κ3) is 3.02. The molecule has 2 unspecified atom stereocenters. The summed E-state index contributed by atoms with van der Waals surface area (Å²) in [6.45, 7) is 3.29. The summed E-state index contributed by atoms with van der Waals surface area (Å²) in [5.74, 6) is 0.848. The van der Waals surface area contributed by atoms with E-state index in [-0.39, 0.29) is 6.10 Å². The van der Waals surface area contributed by atoms with Crippen molar-refractivity contribution in [1.29, 1.82) is 5.26 Å². The number of hydrogen-bond acceptors (Lipinski definition) is 3. The monoisotopic (exact) mass is 244 g/mol. The second-order valence-corrected chi connectivity index (χ2v) is 5.00. The quantitative estimate of drug-likeness (QED) is 0.820. The number of hydrogen-bond donors (Lipinski definition) is 0. The van der Waals surface area contributed by atoms with Crippen molar-refractivity contribution in [3.05, 3.63) is 29.8 Å². The Bertz CT molecular complexity index is 421. The summed E-state index contributed by atoms with van der Waals surface area (Å²) in [6.07, 6.45) is 3.96. The number of benzene rings is 1. The van der Waals surface area contributed by atoms with Crippen molar-refractivity contribution in [2.75, 3.05) is 13.6 Å². The van der Waals surface area contributed by atoms with Gasteiger partial charge in [0, 0.05) is 6.04 Å². The van der Waals surface area contributed by atoms with E-state index in [0.717, 1.165) is 12.3 Å². The highest BCUT2D eigenvalue weighted by atomic mass is 16.5. The van der Waals surface area contributed by atoms with Crippen LogP contribution in [0, 0.1) is 11.3 Å². The average molecular weight is 244 g/mol. The second-order valence-electron chi connectivity index (χ2n) is 5.00. The first-order valence-corrected chi connectivity index (χ1v) is 6.58. The number of nitriles is 1. The molecule has 1 aromatic rings. The largest absolute Gasteiger partial charge is 0.489 e. The Morgan fingerprint density at radius 1 is 1.33 bits per heavy atom. The Morgan fingerprint density at radius 2 is 2.06 bits per heavy atom. The van der Waals surface area contributed by atoms with E-state index in [1.807, 2.05) is 12.1 Å². The average Bonchev–Trinajstić information content (AvgIpc) is 2.40. The van der Waals surface area contributed by atoms with E-state index in [9.17, 15) is 0 Å². The number of likely N-dealkylation sites (N-methyl/N-ethyl adjacent to an activating group) is 1. The molecule has 18 heavy (non-hydrogen) atoms. The maximum absolute atomic E-state index is 8.75. The molecule has 2 rings (SSSR count). The third-order valence-electron chi connectivity index (χ3n) is 3.67. The van der Waals surface area contributed by atoms with Crippen LogP contribution in [-0.2, 0) is 0 Å². The zero-order valence-corrected chi connectivity index (χ0v) is 11.1. The van der Waals surface area contributed by atoms with Gasteiger partial charge < -0.3 is 4.74 Å². The number of rotatable bonds is 3. The van der Waals surface area contributed by atoms with Gasteiger partial charge >= 0.3 is 0 Å². The van der Waals surface area contributed by atoms with E-state index in [0.29, 0.717) is 11.6 Å². The molecule has 0 spiro atoms. The van der Waals surface area contributed by atoms with Gasteiger partial charge in [-0.15, -0.1) is 0 Å². The molecule has 0 aliphatic carbocycles. The van der Waals surface area contributed by atoms with Crippen LogP contribution in [0.1, 0.15) is 31.7 Å². The van der Waals surface area contributed by atoms with Gasteiger partial charge in [-0.1, -0.05) is 6.42 Å². The molecule has 0 aromatic heterocycles. The van der Waals surface area contributed by atoms with Gasteiger partial charge in [0.1, 0.15) is 11.9 Å². The van der Waals surface area contributed by atoms with Crippen LogP contribution in [0.3, 0.4) is 0 Å². The Kier molecular flexibility index (Phi) is 4.22. The third-order valence-corrected chi connectivity index (χ3v) is 3.67. The van der Waals surface area contributed by atoms with Gasteiger partial charge in [-0.2, -0.15) is 5.26 Å². The Morgan fingerprint density at radius 3 is 2.67 bits per heavy atom. The molecule has 3 heteroatoms. The maximum Gasteiger partial charge on any atom is 0.119 e. The molecule has 1 aromatic carbocycles. The molecule has 1 saturated heterocycles. The molecular formula is C15H20N2O. The number of piperidine rings is 1. The highest BCUT2D eigenvalue weighted by molar-refractivity contribution is 5.34. The minimum absolute atomic E-state index is 0.184. The minimum Gasteiger partial charge on any atom is -0.489 e. The second kappa shape index (κ2) is 5.88. The molecule has 1 aliphatic heterocycles. The molecular weight excluding hydrogens is 224 g/mol. The van der Waals surface area contributed by atoms with Crippen LogP contribution in [0.15, 0.2) is 24.3 Å². The smallest absolute Gasteiger partial charge is 0.119 e. The topological polar surface area (TPSA) is 36.3 Å². The zero-order chi connectivity index (χ0) is 13.0. The van der Waals surface area contributed by atoms with Gasteiger partial charge in [0.2, 0.25) is 0 Å². The number of nitrogens with zero attached hydrogens (tertiary/aromatic N) is 2. The van der Waals surface area contributed by atoms with E-state index >= 15 is 0 Å². The van der Waals surface area contributed by atoms with Crippen LogP contribution in [0.2, 0.25) is 0 Å². The normalized spacial score (nSPS) is 22.2. The predicted octanol–water partition coefficient (Wildman–Crippen LogP) is 2.81. The molecule has 1 aliphatic rings. The molecule has 96 valence electrons. The highest BCUT2D eigenvalue weighted by Crippen LogP contribution is 2.22. The van der Waals surface area contributed by atoms with E-state index < -0.39 is 0 Å². The molecule has 0 amide bonds. The van der Waals surface area contributed by atoms with Crippen LogP contribution >= 0.6 is 0 Å². The highest BCUT2D eigenvalue weighted by Gasteiger charge is 2.25. The SMILES string of the molecule is CC(Oc1ccc(C#N)cc1)C1CCCCN1C. The summed E-state index contributed by atoms with van der Waals surface area (Å²) in [5.41, 5.74) is 0.671. The maximum atomic E-state index is 8.75. The molecule has 0 radical (unpaired) electrons. The fourth-order valence-electron chi connectivity index (χ4n) is 2.60. The Hall–Kier alpha value is -1.53. The summed E-state index contributed by atoms with van der Waals surface area (Å²) in [7, 11) is 2.17. The van der Waals surface area contributed by atoms with Crippen LogP contribution < -0.4 is 4.74 Å². The van der Waals surface area contributed by atoms with E-state index in [1.54, 1.807) is 12.1 Å². The van der Waals surface area contributed by atoms with Crippen molar-refractivity contribution in [3.63, 3.8) is 0 Å². The van der Waals surface area contributed by atoms with Gasteiger partial charge in [0.05, 0.1) is 11.6 Å². The summed E-state index contributed by atoms with van der Waals surface area (Å²) in [5, 5.41) is 8.75. The first kappa shape index (κ1) is 12.9. The van der Waals surface area contributed by atoms with Crippen molar-refractivity contribution in [2.45, 2.75) is 38.3 Å². The molecule has 1 fully saturated rings. The fourth-order valence-corrected chi connectivity index (χ4v) is 2.60. The van der Waals surface area contributed by atoms with E-state index in [2.05, 4.69) is 24.9 Å². The lowest BCUT2D eigenvalue weighted by atomic mass is 9.99. The standard InChI is InChI=1S/C15H20N2O/c1-12(15-5-3-4-10-17(15)2)18-14-8-6-13(11-16)7-9-14/h6-9,12,15H,3-5,10H2,1-2H3. The van der Waals surface area contributed by atoms with Crippen LogP contribution in [0.5, 0.6) is 5.75 Å².